The van der Waals surface area contributed by atoms with Crippen molar-refractivity contribution in [3.8, 4) is 17.1 Å². The van der Waals surface area contributed by atoms with E-state index in [2.05, 4.69) is 10.1 Å². The third kappa shape index (κ3) is 4.90. The van der Waals surface area contributed by atoms with Crippen LogP contribution in [0.4, 0.5) is 0 Å². The Morgan fingerprint density at radius 2 is 2.12 bits per heavy atom. The minimum absolute atomic E-state index is 0.0203. The number of hydrogen-bond acceptors (Lipinski definition) is 6. The lowest BCUT2D eigenvalue weighted by Gasteiger charge is -2.17. The number of amides is 1. The first kappa shape index (κ1) is 17.2. The Kier molecular flexibility index (Phi) is 5.79. The van der Waals surface area contributed by atoms with E-state index in [0.29, 0.717) is 37.7 Å². The predicted molar refractivity (Wildman–Crippen MR) is 95.5 cm³/mol. The summed E-state index contributed by atoms with van der Waals surface area (Å²) >= 11 is 1.58. The maximum atomic E-state index is 12.2. The fourth-order valence-corrected chi connectivity index (χ4v) is 2.85. The molecule has 0 unspecified atom stereocenters. The number of ether oxygens (including phenoxy) is 1. The van der Waals surface area contributed by atoms with Crippen LogP contribution in [-0.4, -0.2) is 41.1 Å². The van der Waals surface area contributed by atoms with E-state index in [1.807, 2.05) is 47.2 Å². The molecule has 0 spiro atoms. The maximum absolute atomic E-state index is 12.2. The Labute approximate surface area is 150 Å². The maximum Gasteiger partial charge on any atom is 0.227 e. The quantitative estimate of drug-likeness (QED) is 0.619. The van der Waals surface area contributed by atoms with Crippen LogP contribution in [0.1, 0.15) is 12.3 Å². The third-order valence-electron chi connectivity index (χ3n) is 3.66. The number of hydrogen-bond donors (Lipinski definition) is 0. The smallest absolute Gasteiger partial charge is 0.227 e. The van der Waals surface area contributed by atoms with Gasteiger partial charge in [-0.1, -0.05) is 23.4 Å². The average Bonchev–Trinajstić information content (AvgIpc) is 3.32. The van der Waals surface area contributed by atoms with Gasteiger partial charge in [0.25, 0.3) is 0 Å². The first-order chi connectivity index (χ1) is 12.2. The van der Waals surface area contributed by atoms with Gasteiger partial charge in [-0.3, -0.25) is 4.79 Å². The SMILES string of the molecule is CN(CCOc1ccccc1)C(=O)CCc1nc(-c2ccsc2)no1. The van der Waals surface area contributed by atoms with Gasteiger partial charge >= 0.3 is 0 Å². The van der Waals surface area contributed by atoms with E-state index in [1.54, 1.807) is 23.3 Å². The molecule has 0 aliphatic heterocycles. The highest BCUT2D eigenvalue weighted by atomic mass is 32.1. The van der Waals surface area contributed by atoms with E-state index < -0.39 is 0 Å². The van der Waals surface area contributed by atoms with Gasteiger partial charge < -0.3 is 14.2 Å². The average molecular weight is 357 g/mol. The van der Waals surface area contributed by atoms with Gasteiger partial charge in [0.1, 0.15) is 12.4 Å². The van der Waals surface area contributed by atoms with E-state index in [4.69, 9.17) is 9.26 Å². The van der Waals surface area contributed by atoms with Gasteiger partial charge in [-0.25, -0.2) is 0 Å². The van der Waals surface area contributed by atoms with Crippen molar-refractivity contribution in [2.45, 2.75) is 12.8 Å². The molecule has 0 saturated heterocycles. The van der Waals surface area contributed by atoms with Gasteiger partial charge in [-0.15, -0.1) is 0 Å². The Balaban J connectivity index is 1.41. The number of thiophene rings is 1. The molecule has 2 heterocycles. The van der Waals surface area contributed by atoms with Crippen molar-refractivity contribution >= 4 is 17.2 Å². The van der Waals surface area contributed by atoms with E-state index in [-0.39, 0.29) is 5.91 Å². The van der Waals surface area contributed by atoms with Crippen LogP contribution in [-0.2, 0) is 11.2 Å². The second-order valence-electron chi connectivity index (χ2n) is 5.50. The number of benzene rings is 1. The molecule has 1 amide bonds. The summed E-state index contributed by atoms with van der Waals surface area (Å²) in [6.45, 7) is 0.979. The summed E-state index contributed by atoms with van der Waals surface area (Å²) < 4.78 is 10.8. The summed E-state index contributed by atoms with van der Waals surface area (Å²) in [7, 11) is 1.77. The normalized spacial score (nSPS) is 10.6. The Morgan fingerprint density at radius 3 is 2.88 bits per heavy atom. The van der Waals surface area contributed by atoms with Crippen LogP contribution < -0.4 is 4.74 Å². The topological polar surface area (TPSA) is 68.5 Å². The molecule has 0 fully saturated rings. The number of rotatable bonds is 8. The van der Waals surface area contributed by atoms with Crippen molar-refractivity contribution < 1.29 is 14.1 Å². The van der Waals surface area contributed by atoms with Crippen LogP contribution >= 0.6 is 11.3 Å². The lowest BCUT2D eigenvalue weighted by molar-refractivity contribution is -0.130. The summed E-state index contributed by atoms with van der Waals surface area (Å²) in [5.41, 5.74) is 0.932. The van der Waals surface area contributed by atoms with Gasteiger partial charge in [-0.2, -0.15) is 16.3 Å². The number of aryl methyl sites for hydroxylation is 1. The first-order valence-electron chi connectivity index (χ1n) is 7.99. The van der Waals surface area contributed by atoms with Crippen LogP contribution in [0.5, 0.6) is 5.75 Å². The molecule has 0 aliphatic rings. The molecule has 0 radical (unpaired) electrons. The molecule has 130 valence electrons. The second-order valence-corrected chi connectivity index (χ2v) is 6.28. The summed E-state index contributed by atoms with van der Waals surface area (Å²) in [5.74, 6) is 1.86. The van der Waals surface area contributed by atoms with Crippen LogP contribution in [0.2, 0.25) is 0 Å². The minimum Gasteiger partial charge on any atom is -0.492 e. The summed E-state index contributed by atoms with van der Waals surface area (Å²) in [6.07, 6.45) is 0.757. The van der Waals surface area contributed by atoms with E-state index in [1.165, 1.54) is 0 Å². The molecule has 0 bridgehead atoms. The Morgan fingerprint density at radius 1 is 1.28 bits per heavy atom. The van der Waals surface area contributed by atoms with Crippen LogP contribution in [0.3, 0.4) is 0 Å². The number of aromatic nitrogens is 2. The minimum atomic E-state index is 0.0203. The number of carbonyl (C=O) groups is 1. The molecule has 3 rings (SSSR count). The van der Waals surface area contributed by atoms with E-state index in [9.17, 15) is 4.79 Å². The monoisotopic (exact) mass is 357 g/mol. The molecule has 25 heavy (non-hydrogen) atoms. The van der Waals surface area contributed by atoms with Gasteiger partial charge in [0.15, 0.2) is 0 Å². The van der Waals surface area contributed by atoms with E-state index >= 15 is 0 Å². The van der Waals surface area contributed by atoms with Crippen molar-refractivity contribution in [3.05, 3.63) is 53.0 Å². The molecule has 2 aromatic heterocycles. The van der Waals surface area contributed by atoms with Crippen molar-refractivity contribution in [2.75, 3.05) is 20.2 Å². The van der Waals surface area contributed by atoms with Gasteiger partial charge in [0.2, 0.25) is 17.6 Å². The lowest BCUT2D eigenvalue weighted by Crippen LogP contribution is -2.31. The van der Waals surface area contributed by atoms with Crippen molar-refractivity contribution in [2.24, 2.45) is 0 Å². The molecule has 7 heteroatoms. The fraction of sp³-hybridized carbons (Fsp3) is 0.278. The zero-order valence-electron chi connectivity index (χ0n) is 13.9. The molecular weight excluding hydrogens is 338 g/mol. The van der Waals surface area contributed by atoms with Gasteiger partial charge in [0.05, 0.1) is 6.54 Å². The standard InChI is InChI=1S/C18H19N3O3S/c1-21(10-11-23-15-5-3-2-4-6-15)17(22)8-7-16-19-18(20-24-16)14-9-12-25-13-14/h2-6,9,12-13H,7-8,10-11H2,1H3. The zero-order chi connectivity index (χ0) is 17.5. The summed E-state index contributed by atoms with van der Waals surface area (Å²) in [4.78, 5) is 18.1. The largest absolute Gasteiger partial charge is 0.492 e. The number of carbonyl (C=O) groups excluding carboxylic acids is 1. The van der Waals surface area contributed by atoms with Crippen molar-refractivity contribution in [1.29, 1.82) is 0 Å². The molecule has 0 saturated carbocycles. The Bertz CT molecular complexity index is 787. The van der Waals surface area contributed by atoms with Crippen LogP contribution in [0, 0.1) is 0 Å². The summed E-state index contributed by atoms with van der Waals surface area (Å²) in [5, 5.41) is 7.86. The summed E-state index contributed by atoms with van der Waals surface area (Å²) in [6, 6.07) is 11.5. The highest BCUT2D eigenvalue weighted by molar-refractivity contribution is 7.08. The first-order valence-corrected chi connectivity index (χ1v) is 8.93. The third-order valence-corrected chi connectivity index (χ3v) is 4.35. The molecule has 3 aromatic rings. The van der Waals surface area contributed by atoms with Crippen LogP contribution in [0.15, 0.2) is 51.7 Å². The van der Waals surface area contributed by atoms with Crippen molar-refractivity contribution in [3.63, 3.8) is 0 Å². The number of para-hydroxylation sites is 1. The molecule has 0 atom stereocenters. The van der Waals surface area contributed by atoms with Gasteiger partial charge in [0, 0.05) is 30.8 Å². The fourth-order valence-electron chi connectivity index (χ4n) is 2.21. The molecular formula is C18H19N3O3S. The molecule has 6 nitrogen and oxygen atoms in total. The van der Waals surface area contributed by atoms with E-state index in [0.717, 1.165) is 11.3 Å². The highest BCUT2D eigenvalue weighted by Crippen LogP contribution is 2.19. The van der Waals surface area contributed by atoms with Crippen molar-refractivity contribution in [1.82, 2.24) is 15.0 Å². The number of likely N-dealkylation sites (N-methyl/N-ethyl adjacent to an activating group) is 1. The zero-order valence-corrected chi connectivity index (χ0v) is 14.7. The highest BCUT2D eigenvalue weighted by Gasteiger charge is 2.13. The Hall–Kier alpha value is -2.67. The molecule has 0 aliphatic carbocycles. The second kappa shape index (κ2) is 8.43. The molecule has 0 N–H and O–H groups in total. The number of nitrogens with zero attached hydrogens (tertiary/aromatic N) is 3. The van der Waals surface area contributed by atoms with Crippen LogP contribution in [0.25, 0.3) is 11.4 Å². The molecule has 1 aromatic carbocycles. The van der Waals surface area contributed by atoms with Gasteiger partial charge in [-0.05, 0) is 23.6 Å². The lowest BCUT2D eigenvalue weighted by atomic mass is 10.2. The predicted octanol–water partition coefficient (Wildman–Crippen LogP) is 3.27.